The van der Waals surface area contributed by atoms with E-state index in [4.69, 9.17) is 23.2 Å². The first-order valence-electron chi connectivity index (χ1n) is 7.23. The van der Waals surface area contributed by atoms with Gasteiger partial charge in [-0.3, -0.25) is 4.79 Å². The van der Waals surface area contributed by atoms with Crippen LogP contribution in [-0.4, -0.2) is 15.3 Å². The van der Waals surface area contributed by atoms with Crippen LogP contribution in [0.4, 0.5) is 5.69 Å². The van der Waals surface area contributed by atoms with Crippen molar-refractivity contribution in [2.24, 2.45) is 0 Å². The zero-order chi connectivity index (χ0) is 16.6. The molecule has 2 heterocycles. The zero-order valence-electron chi connectivity index (χ0n) is 12.7. The summed E-state index contributed by atoms with van der Waals surface area (Å²) in [7, 11) is 0. The van der Waals surface area contributed by atoms with Crippen LogP contribution in [0.5, 0.6) is 0 Å². The van der Waals surface area contributed by atoms with Gasteiger partial charge in [0.25, 0.3) is 5.91 Å². The molecule has 0 radical (unpaired) electrons. The monoisotopic (exact) mass is 347 g/mol. The van der Waals surface area contributed by atoms with Crippen LogP contribution in [0.25, 0.3) is 5.65 Å². The maximum Gasteiger partial charge on any atom is 0.257 e. The number of rotatable bonds is 3. The molecule has 0 unspecified atom stereocenters. The number of amides is 1. The van der Waals surface area contributed by atoms with E-state index in [1.807, 2.05) is 17.4 Å². The smallest absolute Gasteiger partial charge is 0.257 e. The molecule has 3 aromatic rings. The molecule has 0 saturated heterocycles. The van der Waals surface area contributed by atoms with E-state index >= 15 is 0 Å². The van der Waals surface area contributed by atoms with Gasteiger partial charge in [0.2, 0.25) is 0 Å². The molecule has 0 aliphatic rings. The van der Waals surface area contributed by atoms with Crippen LogP contribution in [0, 0.1) is 6.92 Å². The Bertz CT molecular complexity index is 902. The Kier molecular flexibility index (Phi) is 4.28. The molecule has 118 valence electrons. The van der Waals surface area contributed by atoms with Crippen LogP contribution in [-0.2, 0) is 6.42 Å². The molecule has 0 atom stereocenters. The standard InChI is InChI=1S/C17H15Cl2N3O/c1-3-15-10(2)22-9-11(4-7-16(22)21-15)17(23)20-12-5-6-13(18)14(19)8-12/h4-9H,3H2,1-2H3,(H,20,23). The van der Waals surface area contributed by atoms with Crippen molar-refractivity contribution in [1.29, 1.82) is 0 Å². The van der Waals surface area contributed by atoms with Gasteiger partial charge >= 0.3 is 0 Å². The molecule has 1 amide bonds. The summed E-state index contributed by atoms with van der Waals surface area (Å²) in [4.78, 5) is 17.0. The topological polar surface area (TPSA) is 46.4 Å². The minimum atomic E-state index is -0.212. The average Bonchev–Trinajstić information content (AvgIpc) is 2.86. The molecule has 0 saturated carbocycles. The molecule has 3 rings (SSSR count). The minimum Gasteiger partial charge on any atom is -0.322 e. The Morgan fingerprint density at radius 2 is 2.00 bits per heavy atom. The minimum absolute atomic E-state index is 0.212. The number of nitrogens with one attached hydrogen (secondary N) is 1. The maximum atomic E-state index is 12.4. The lowest BCUT2D eigenvalue weighted by atomic mass is 10.2. The summed E-state index contributed by atoms with van der Waals surface area (Å²) in [6.45, 7) is 4.06. The second-order valence-electron chi connectivity index (χ2n) is 5.23. The molecule has 0 spiro atoms. The zero-order valence-corrected chi connectivity index (χ0v) is 14.2. The van der Waals surface area contributed by atoms with Crippen LogP contribution in [0.3, 0.4) is 0 Å². The number of carbonyl (C=O) groups is 1. The number of fused-ring (bicyclic) bond motifs is 1. The molecular weight excluding hydrogens is 333 g/mol. The molecule has 6 heteroatoms. The lowest BCUT2D eigenvalue weighted by Gasteiger charge is -2.07. The number of carbonyl (C=O) groups excluding carboxylic acids is 1. The SMILES string of the molecule is CCc1nc2ccc(C(=O)Nc3ccc(Cl)c(Cl)c3)cn2c1C. The van der Waals surface area contributed by atoms with Crippen LogP contribution in [0.15, 0.2) is 36.5 Å². The van der Waals surface area contributed by atoms with E-state index in [-0.39, 0.29) is 5.91 Å². The summed E-state index contributed by atoms with van der Waals surface area (Å²) in [5.74, 6) is -0.212. The second kappa shape index (κ2) is 6.22. The van der Waals surface area contributed by atoms with E-state index in [2.05, 4.69) is 17.2 Å². The fraction of sp³-hybridized carbons (Fsp3) is 0.176. The van der Waals surface area contributed by atoms with Crippen LogP contribution in [0.1, 0.15) is 28.7 Å². The number of halogens is 2. The molecule has 1 N–H and O–H groups in total. The number of hydrogen-bond donors (Lipinski definition) is 1. The van der Waals surface area contributed by atoms with E-state index in [0.29, 0.717) is 21.3 Å². The second-order valence-corrected chi connectivity index (χ2v) is 6.04. The summed E-state index contributed by atoms with van der Waals surface area (Å²) >= 11 is 11.8. The Balaban J connectivity index is 1.91. The van der Waals surface area contributed by atoms with E-state index in [1.54, 1.807) is 30.5 Å². The quantitative estimate of drug-likeness (QED) is 0.741. The Morgan fingerprint density at radius 1 is 1.22 bits per heavy atom. The van der Waals surface area contributed by atoms with Gasteiger partial charge in [0.05, 0.1) is 21.3 Å². The van der Waals surface area contributed by atoms with Crippen LogP contribution in [0.2, 0.25) is 10.0 Å². The van der Waals surface area contributed by atoms with Gasteiger partial charge in [-0.25, -0.2) is 4.98 Å². The Hall–Kier alpha value is -2.04. The predicted molar refractivity (Wildman–Crippen MR) is 93.7 cm³/mol. The molecular formula is C17H15Cl2N3O. The first kappa shape index (κ1) is 15.8. The molecule has 4 nitrogen and oxygen atoms in total. The summed E-state index contributed by atoms with van der Waals surface area (Å²) in [5.41, 5.74) is 4.07. The van der Waals surface area contributed by atoms with Gasteiger partial charge in [0.15, 0.2) is 0 Å². The largest absolute Gasteiger partial charge is 0.322 e. The molecule has 2 aromatic heterocycles. The number of benzene rings is 1. The number of nitrogens with zero attached hydrogens (tertiary/aromatic N) is 2. The summed E-state index contributed by atoms with van der Waals surface area (Å²) in [6.07, 6.45) is 2.65. The number of aryl methyl sites for hydroxylation is 2. The summed E-state index contributed by atoms with van der Waals surface area (Å²) < 4.78 is 1.93. The van der Waals surface area contributed by atoms with Gasteiger partial charge in [0, 0.05) is 17.6 Å². The van der Waals surface area contributed by atoms with E-state index in [9.17, 15) is 4.79 Å². The van der Waals surface area contributed by atoms with Crippen molar-refractivity contribution in [3.8, 4) is 0 Å². The first-order valence-corrected chi connectivity index (χ1v) is 7.99. The van der Waals surface area contributed by atoms with Gasteiger partial charge in [-0.1, -0.05) is 30.1 Å². The van der Waals surface area contributed by atoms with E-state index in [0.717, 1.165) is 23.5 Å². The predicted octanol–water partition coefficient (Wildman–Crippen LogP) is 4.76. The highest BCUT2D eigenvalue weighted by Gasteiger charge is 2.11. The third-order valence-electron chi connectivity index (χ3n) is 3.73. The van der Waals surface area contributed by atoms with Crippen LogP contribution >= 0.6 is 23.2 Å². The fourth-order valence-electron chi connectivity index (χ4n) is 2.46. The number of anilines is 1. The third kappa shape index (κ3) is 3.05. The average molecular weight is 348 g/mol. The van der Waals surface area contributed by atoms with Crippen molar-refractivity contribution >= 4 is 40.4 Å². The third-order valence-corrected chi connectivity index (χ3v) is 4.47. The van der Waals surface area contributed by atoms with Gasteiger partial charge in [-0.2, -0.15) is 0 Å². The highest BCUT2D eigenvalue weighted by atomic mass is 35.5. The number of imidazole rings is 1. The first-order chi connectivity index (χ1) is 11.0. The van der Waals surface area contributed by atoms with Crippen molar-refractivity contribution in [2.45, 2.75) is 20.3 Å². The maximum absolute atomic E-state index is 12.4. The molecule has 0 aliphatic heterocycles. The lowest BCUT2D eigenvalue weighted by molar-refractivity contribution is 0.102. The van der Waals surface area contributed by atoms with E-state index in [1.165, 1.54) is 0 Å². The van der Waals surface area contributed by atoms with Crippen LogP contribution < -0.4 is 5.32 Å². The van der Waals surface area contributed by atoms with Crippen molar-refractivity contribution in [3.05, 3.63) is 63.5 Å². The van der Waals surface area contributed by atoms with Gasteiger partial charge in [-0.05, 0) is 43.7 Å². The van der Waals surface area contributed by atoms with Crippen molar-refractivity contribution in [3.63, 3.8) is 0 Å². The van der Waals surface area contributed by atoms with Gasteiger partial charge in [0.1, 0.15) is 5.65 Å². The normalized spacial score (nSPS) is 11.0. The molecule has 23 heavy (non-hydrogen) atoms. The van der Waals surface area contributed by atoms with Gasteiger partial charge in [-0.15, -0.1) is 0 Å². The number of aromatic nitrogens is 2. The van der Waals surface area contributed by atoms with Crippen molar-refractivity contribution < 1.29 is 4.79 Å². The van der Waals surface area contributed by atoms with Crippen molar-refractivity contribution in [1.82, 2.24) is 9.38 Å². The lowest BCUT2D eigenvalue weighted by Crippen LogP contribution is -2.12. The highest BCUT2D eigenvalue weighted by molar-refractivity contribution is 6.42. The number of pyridine rings is 1. The molecule has 0 bridgehead atoms. The Labute approximate surface area is 144 Å². The summed E-state index contributed by atoms with van der Waals surface area (Å²) in [5, 5.41) is 3.67. The van der Waals surface area contributed by atoms with Gasteiger partial charge < -0.3 is 9.72 Å². The summed E-state index contributed by atoms with van der Waals surface area (Å²) in [6, 6.07) is 8.58. The highest BCUT2D eigenvalue weighted by Crippen LogP contribution is 2.25. The van der Waals surface area contributed by atoms with Crippen molar-refractivity contribution in [2.75, 3.05) is 5.32 Å². The van der Waals surface area contributed by atoms with E-state index < -0.39 is 0 Å². The number of hydrogen-bond acceptors (Lipinski definition) is 2. The molecule has 0 fully saturated rings. The Morgan fingerprint density at radius 3 is 2.70 bits per heavy atom. The molecule has 0 aliphatic carbocycles. The molecule has 1 aromatic carbocycles. The fourth-order valence-corrected chi connectivity index (χ4v) is 2.76.